The van der Waals surface area contributed by atoms with Gasteiger partial charge in [-0.25, -0.2) is 4.98 Å². The number of hydrogen-bond acceptors (Lipinski definition) is 7. The van der Waals surface area contributed by atoms with Crippen LogP contribution in [0, 0.1) is 0 Å². The molecule has 0 aromatic carbocycles. The highest BCUT2D eigenvalue weighted by Gasteiger charge is 2.30. The Kier molecular flexibility index (Phi) is 3.63. The zero-order chi connectivity index (χ0) is 14.9. The van der Waals surface area contributed by atoms with Gasteiger partial charge < -0.3 is 9.15 Å². The number of aryl methyl sites for hydroxylation is 1. The van der Waals surface area contributed by atoms with Crippen LogP contribution in [0.2, 0.25) is 0 Å². The number of hydrogen-bond donors (Lipinski definition) is 1. The van der Waals surface area contributed by atoms with Gasteiger partial charge in [0.25, 0.3) is 0 Å². The maximum absolute atomic E-state index is 5.79. The van der Waals surface area contributed by atoms with Crippen LogP contribution >= 0.6 is 0 Å². The van der Waals surface area contributed by atoms with Gasteiger partial charge in [-0.15, -0.1) is 10.2 Å². The molecular weight excluding hydrogens is 284 g/mol. The van der Waals surface area contributed by atoms with Gasteiger partial charge in [-0.05, 0) is 12.8 Å². The van der Waals surface area contributed by atoms with Gasteiger partial charge >= 0.3 is 0 Å². The van der Waals surface area contributed by atoms with E-state index in [4.69, 9.17) is 9.15 Å². The predicted molar refractivity (Wildman–Crippen MR) is 76.0 cm³/mol. The number of rotatable bonds is 5. The molecule has 1 aliphatic heterocycles. The van der Waals surface area contributed by atoms with E-state index in [2.05, 4.69) is 30.3 Å². The van der Waals surface area contributed by atoms with E-state index < -0.39 is 0 Å². The van der Waals surface area contributed by atoms with E-state index >= 15 is 0 Å². The van der Waals surface area contributed by atoms with Crippen molar-refractivity contribution in [1.29, 1.82) is 0 Å². The molecule has 1 N–H and O–H groups in total. The van der Waals surface area contributed by atoms with Crippen molar-refractivity contribution in [1.82, 2.24) is 30.3 Å². The Balaban J connectivity index is 1.39. The van der Waals surface area contributed by atoms with Gasteiger partial charge in [0.15, 0.2) is 5.82 Å². The largest absolute Gasteiger partial charge is 0.424 e. The molecule has 0 bridgehead atoms. The van der Waals surface area contributed by atoms with E-state index in [9.17, 15) is 0 Å². The summed E-state index contributed by atoms with van der Waals surface area (Å²) in [6, 6.07) is 0. The molecule has 1 atom stereocenters. The van der Waals surface area contributed by atoms with Crippen LogP contribution in [0.1, 0.15) is 55.2 Å². The first-order chi connectivity index (χ1) is 10.8. The van der Waals surface area contributed by atoms with Gasteiger partial charge in [0.2, 0.25) is 11.8 Å². The Morgan fingerprint density at radius 3 is 3.00 bits per heavy atom. The van der Waals surface area contributed by atoms with Crippen molar-refractivity contribution >= 4 is 0 Å². The second kappa shape index (κ2) is 5.77. The molecule has 8 nitrogen and oxygen atoms in total. The topological polar surface area (TPSA) is 93.0 Å². The lowest BCUT2D eigenvalue weighted by Gasteiger charge is -2.30. The monoisotopic (exact) mass is 304 g/mol. The third kappa shape index (κ3) is 2.89. The van der Waals surface area contributed by atoms with Crippen molar-refractivity contribution < 1.29 is 9.15 Å². The second-order valence-corrected chi connectivity index (χ2v) is 5.90. The molecule has 2 aliphatic rings. The Morgan fingerprint density at radius 2 is 2.23 bits per heavy atom. The number of ether oxygens (including phenoxy) is 1. The summed E-state index contributed by atoms with van der Waals surface area (Å²) < 4.78 is 11.5. The van der Waals surface area contributed by atoms with Crippen LogP contribution in [0.4, 0.5) is 0 Å². The number of nitrogens with one attached hydrogen (secondary N) is 1. The standard InChI is InChI=1S/C14H20N6O2/c1-2-11-15-13(18-16-11)10-7-20(5-6-21-10)8-12-17-19-14(22-12)9-3-4-9/h9-10H,2-8H2,1H3,(H,15,16,18)/t10-/m1/s1. The maximum Gasteiger partial charge on any atom is 0.230 e. The van der Waals surface area contributed by atoms with E-state index in [1.54, 1.807) is 0 Å². The minimum absolute atomic E-state index is 0.101. The van der Waals surface area contributed by atoms with Gasteiger partial charge in [-0.1, -0.05) is 6.92 Å². The normalized spacial score (nSPS) is 23.0. The molecule has 118 valence electrons. The fourth-order valence-corrected chi connectivity index (χ4v) is 2.63. The molecule has 0 radical (unpaired) electrons. The quantitative estimate of drug-likeness (QED) is 0.887. The van der Waals surface area contributed by atoms with Crippen molar-refractivity contribution in [2.75, 3.05) is 19.7 Å². The molecule has 2 aromatic heterocycles. The van der Waals surface area contributed by atoms with E-state index in [1.165, 1.54) is 12.8 Å². The smallest absolute Gasteiger partial charge is 0.230 e. The number of H-pyrrole nitrogens is 1. The Morgan fingerprint density at radius 1 is 1.32 bits per heavy atom. The van der Waals surface area contributed by atoms with Crippen LogP contribution in [0.25, 0.3) is 0 Å². The summed E-state index contributed by atoms with van der Waals surface area (Å²) >= 11 is 0. The molecule has 0 spiro atoms. The highest BCUT2D eigenvalue weighted by molar-refractivity contribution is 5.00. The lowest BCUT2D eigenvalue weighted by atomic mass is 10.2. The molecular formula is C14H20N6O2. The summed E-state index contributed by atoms with van der Waals surface area (Å²) in [4.78, 5) is 6.71. The first kappa shape index (κ1) is 13.8. The van der Waals surface area contributed by atoms with Gasteiger partial charge in [-0.3, -0.25) is 10.00 Å². The fraction of sp³-hybridized carbons (Fsp3) is 0.714. The highest BCUT2D eigenvalue weighted by Crippen LogP contribution is 2.39. The average Bonchev–Trinajstić information content (AvgIpc) is 3.10. The molecule has 2 fully saturated rings. The molecule has 0 unspecified atom stereocenters. The number of nitrogens with zero attached hydrogens (tertiary/aromatic N) is 5. The number of morpholine rings is 1. The SMILES string of the molecule is CCc1nc([C@H]2CN(Cc3nnc(C4CC4)o3)CCO2)n[nH]1. The van der Waals surface area contributed by atoms with Crippen LogP contribution < -0.4 is 0 Å². The van der Waals surface area contributed by atoms with E-state index in [-0.39, 0.29) is 6.10 Å². The highest BCUT2D eigenvalue weighted by atomic mass is 16.5. The van der Waals surface area contributed by atoms with Crippen LogP contribution in [0.3, 0.4) is 0 Å². The van der Waals surface area contributed by atoms with Crippen molar-refractivity contribution in [3.8, 4) is 0 Å². The Hall–Kier alpha value is -1.80. The fourth-order valence-electron chi connectivity index (χ4n) is 2.63. The predicted octanol–water partition coefficient (Wildman–Crippen LogP) is 1.20. The minimum Gasteiger partial charge on any atom is -0.424 e. The average molecular weight is 304 g/mol. The Labute approximate surface area is 128 Å². The minimum atomic E-state index is -0.101. The lowest BCUT2D eigenvalue weighted by molar-refractivity contribution is -0.0393. The van der Waals surface area contributed by atoms with Crippen molar-refractivity contribution in [2.24, 2.45) is 0 Å². The van der Waals surface area contributed by atoms with Gasteiger partial charge in [0.05, 0.1) is 13.2 Å². The summed E-state index contributed by atoms with van der Waals surface area (Å²) in [7, 11) is 0. The summed E-state index contributed by atoms with van der Waals surface area (Å²) in [5, 5.41) is 15.5. The summed E-state index contributed by atoms with van der Waals surface area (Å²) in [5.74, 6) is 3.60. The zero-order valence-corrected chi connectivity index (χ0v) is 12.7. The van der Waals surface area contributed by atoms with E-state index in [0.29, 0.717) is 25.0 Å². The van der Waals surface area contributed by atoms with Crippen molar-refractivity contribution in [3.63, 3.8) is 0 Å². The van der Waals surface area contributed by atoms with Crippen molar-refractivity contribution in [3.05, 3.63) is 23.4 Å². The van der Waals surface area contributed by atoms with Crippen LogP contribution in [0.5, 0.6) is 0 Å². The van der Waals surface area contributed by atoms with Crippen molar-refractivity contribution in [2.45, 2.75) is 44.8 Å². The third-order valence-corrected chi connectivity index (χ3v) is 4.09. The molecule has 22 heavy (non-hydrogen) atoms. The molecule has 0 amide bonds. The van der Waals surface area contributed by atoms with E-state index in [1.807, 2.05) is 6.92 Å². The second-order valence-electron chi connectivity index (χ2n) is 5.90. The summed E-state index contributed by atoms with van der Waals surface area (Å²) in [6.07, 6.45) is 3.09. The van der Waals surface area contributed by atoms with Crippen LogP contribution in [0.15, 0.2) is 4.42 Å². The molecule has 1 saturated carbocycles. The Bertz CT molecular complexity index is 635. The zero-order valence-electron chi connectivity index (χ0n) is 12.7. The summed E-state index contributed by atoms with van der Waals surface area (Å²) in [6.45, 7) is 4.95. The molecule has 1 saturated heterocycles. The third-order valence-electron chi connectivity index (χ3n) is 4.09. The van der Waals surface area contributed by atoms with Crippen LogP contribution in [-0.4, -0.2) is 50.0 Å². The van der Waals surface area contributed by atoms with Gasteiger partial charge in [0, 0.05) is 25.4 Å². The first-order valence-corrected chi connectivity index (χ1v) is 7.89. The molecule has 3 heterocycles. The van der Waals surface area contributed by atoms with E-state index in [0.717, 1.165) is 37.0 Å². The molecule has 2 aromatic rings. The number of aromatic amines is 1. The van der Waals surface area contributed by atoms with Gasteiger partial charge in [-0.2, -0.15) is 5.10 Å². The maximum atomic E-state index is 5.79. The molecule has 1 aliphatic carbocycles. The molecule has 4 rings (SSSR count). The van der Waals surface area contributed by atoms with Gasteiger partial charge in [0.1, 0.15) is 11.9 Å². The summed E-state index contributed by atoms with van der Waals surface area (Å²) in [5.41, 5.74) is 0. The first-order valence-electron chi connectivity index (χ1n) is 7.89. The molecule has 8 heteroatoms. The van der Waals surface area contributed by atoms with Crippen LogP contribution in [-0.2, 0) is 17.7 Å². The number of aromatic nitrogens is 5. The lowest BCUT2D eigenvalue weighted by Crippen LogP contribution is -2.38.